The lowest BCUT2D eigenvalue weighted by molar-refractivity contribution is -0.137. The Hall–Kier alpha value is -2.55. The number of anilines is 1. The summed E-state index contributed by atoms with van der Waals surface area (Å²) in [5, 5.41) is 13.7. The van der Waals surface area contributed by atoms with Crippen molar-refractivity contribution in [2.75, 3.05) is 17.6 Å². The molecular weight excluding hydrogens is 370 g/mol. The van der Waals surface area contributed by atoms with E-state index in [2.05, 4.69) is 10.6 Å². The van der Waals surface area contributed by atoms with Crippen molar-refractivity contribution in [3.05, 3.63) is 29.8 Å². The van der Waals surface area contributed by atoms with E-state index in [0.29, 0.717) is 23.4 Å². The highest BCUT2D eigenvalue weighted by molar-refractivity contribution is 8.01. The maximum Gasteiger partial charge on any atom is 0.322 e. The van der Waals surface area contributed by atoms with Gasteiger partial charge in [0.1, 0.15) is 12.6 Å². The zero-order valence-electron chi connectivity index (χ0n) is 14.9. The first-order chi connectivity index (χ1) is 12.8. The Morgan fingerprint density at radius 3 is 2.67 bits per heavy atom. The maximum absolute atomic E-state index is 12.6. The van der Waals surface area contributed by atoms with Crippen LogP contribution in [0.15, 0.2) is 24.3 Å². The molecule has 1 aromatic rings. The third kappa shape index (κ3) is 4.24. The quantitative estimate of drug-likeness (QED) is 0.661. The Labute approximate surface area is 160 Å². The largest absolute Gasteiger partial charge is 0.480 e. The summed E-state index contributed by atoms with van der Waals surface area (Å²) in [6.45, 7) is 1.58. The number of hydrogen-bond acceptors (Lipinski definition) is 5. The van der Waals surface area contributed by atoms with Crippen LogP contribution < -0.4 is 10.6 Å². The summed E-state index contributed by atoms with van der Waals surface area (Å²) in [7, 11) is 0. The maximum atomic E-state index is 12.6. The number of fused-ring (bicyclic) bond motifs is 1. The summed E-state index contributed by atoms with van der Waals surface area (Å²) in [4.78, 5) is 48.2. The van der Waals surface area contributed by atoms with Gasteiger partial charge in [-0.2, -0.15) is 0 Å². The Kier molecular flexibility index (Phi) is 5.41. The summed E-state index contributed by atoms with van der Waals surface area (Å²) >= 11 is 1.64. The third-order valence-electron chi connectivity index (χ3n) is 4.77. The topological polar surface area (TPSA) is 116 Å². The standard InChI is InChI=1S/C18H21N3O5S/c1-18-7-6-15(23)21(18)13(10-27-18)17(26)20-12-4-2-11(3-5-12)8-14(22)19-9-16(24)25/h2-5,13H,6-10H2,1H3,(H,19,22)(H,20,26)(H,24,25). The summed E-state index contributed by atoms with van der Waals surface area (Å²) in [6.07, 6.45) is 1.30. The minimum atomic E-state index is -1.10. The number of carbonyl (C=O) groups is 4. The average Bonchev–Trinajstić information content (AvgIpc) is 3.11. The van der Waals surface area contributed by atoms with Gasteiger partial charge < -0.3 is 20.6 Å². The van der Waals surface area contributed by atoms with Crippen molar-refractivity contribution in [2.45, 2.75) is 37.1 Å². The van der Waals surface area contributed by atoms with Crippen LogP contribution in [0.25, 0.3) is 0 Å². The molecule has 0 bridgehead atoms. The van der Waals surface area contributed by atoms with Gasteiger partial charge in [0.05, 0.1) is 11.3 Å². The molecule has 27 heavy (non-hydrogen) atoms. The molecule has 2 aliphatic heterocycles. The normalized spacial score (nSPS) is 23.8. The number of carboxylic acids is 1. The summed E-state index contributed by atoms with van der Waals surface area (Å²) in [6, 6.07) is 6.29. The number of hydrogen-bond donors (Lipinski definition) is 3. The van der Waals surface area contributed by atoms with Crippen LogP contribution in [0, 0.1) is 0 Å². The van der Waals surface area contributed by atoms with Crippen LogP contribution in [0.1, 0.15) is 25.3 Å². The molecule has 3 amide bonds. The van der Waals surface area contributed by atoms with Gasteiger partial charge in [-0.05, 0) is 31.0 Å². The number of nitrogens with one attached hydrogen (secondary N) is 2. The lowest BCUT2D eigenvalue weighted by Crippen LogP contribution is -2.48. The average molecular weight is 391 g/mol. The second kappa shape index (κ2) is 7.59. The predicted molar refractivity (Wildman–Crippen MR) is 100 cm³/mol. The monoisotopic (exact) mass is 391 g/mol. The Bertz CT molecular complexity index is 782. The van der Waals surface area contributed by atoms with Gasteiger partial charge in [0.15, 0.2) is 0 Å². The predicted octanol–water partition coefficient (Wildman–Crippen LogP) is 0.822. The molecule has 2 atom stereocenters. The number of nitrogens with zero attached hydrogens (tertiary/aromatic N) is 1. The van der Waals surface area contributed by atoms with E-state index < -0.39 is 18.6 Å². The summed E-state index contributed by atoms with van der Waals surface area (Å²) < 4.78 is 0. The molecule has 2 aliphatic rings. The molecule has 2 unspecified atom stereocenters. The fourth-order valence-corrected chi connectivity index (χ4v) is 4.80. The van der Waals surface area contributed by atoms with Gasteiger partial charge in [-0.15, -0.1) is 11.8 Å². The van der Waals surface area contributed by atoms with Gasteiger partial charge in [0.2, 0.25) is 17.7 Å². The lowest BCUT2D eigenvalue weighted by atomic mass is 10.1. The summed E-state index contributed by atoms with van der Waals surface area (Å²) in [5.74, 6) is -1.10. The number of benzene rings is 1. The molecule has 2 saturated heterocycles. The van der Waals surface area contributed by atoms with Gasteiger partial charge >= 0.3 is 5.97 Å². The van der Waals surface area contributed by atoms with E-state index >= 15 is 0 Å². The van der Waals surface area contributed by atoms with Crippen LogP contribution in [0.2, 0.25) is 0 Å². The molecule has 0 saturated carbocycles. The molecule has 0 aliphatic carbocycles. The van der Waals surface area contributed by atoms with Crippen LogP contribution in [0.5, 0.6) is 0 Å². The van der Waals surface area contributed by atoms with E-state index in [-0.39, 0.29) is 29.0 Å². The molecule has 3 N–H and O–H groups in total. The van der Waals surface area contributed by atoms with Crippen LogP contribution >= 0.6 is 11.8 Å². The molecule has 2 fully saturated rings. The Morgan fingerprint density at radius 2 is 2.00 bits per heavy atom. The van der Waals surface area contributed by atoms with Crippen LogP contribution in [-0.2, 0) is 25.6 Å². The fraction of sp³-hybridized carbons (Fsp3) is 0.444. The first-order valence-electron chi connectivity index (χ1n) is 8.63. The molecule has 9 heteroatoms. The van der Waals surface area contributed by atoms with Gasteiger partial charge in [-0.25, -0.2) is 0 Å². The lowest BCUT2D eigenvalue weighted by Gasteiger charge is -2.29. The minimum absolute atomic E-state index is 0.0189. The first-order valence-corrected chi connectivity index (χ1v) is 9.61. The van der Waals surface area contributed by atoms with Crippen molar-refractivity contribution in [1.82, 2.24) is 10.2 Å². The van der Waals surface area contributed by atoms with Gasteiger partial charge in [0, 0.05) is 17.9 Å². The highest BCUT2D eigenvalue weighted by Crippen LogP contribution is 2.47. The van der Waals surface area contributed by atoms with E-state index in [1.54, 1.807) is 40.9 Å². The minimum Gasteiger partial charge on any atom is -0.480 e. The zero-order valence-corrected chi connectivity index (χ0v) is 15.7. The van der Waals surface area contributed by atoms with E-state index in [4.69, 9.17) is 5.11 Å². The van der Waals surface area contributed by atoms with Gasteiger partial charge in [0.25, 0.3) is 0 Å². The number of amides is 3. The second-order valence-corrected chi connectivity index (χ2v) is 8.30. The van der Waals surface area contributed by atoms with E-state index in [9.17, 15) is 19.2 Å². The number of carbonyl (C=O) groups excluding carboxylic acids is 3. The molecular formula is C18H21N3O5S. The van der Waals surface area contributed by atoms with Crippen LogP contribution in [0.4, 0.5) is 5.69 Å². The van der Waals surface area contributed by atoms with Crippen LogP contribution in [-0.4, -0.2) is 56.9 Å². The highest BCUT2D eigenvalue weighted by atomic mass is 32.2. The van der Waals surface area contributed by atoms with Gasteiger partial charge in [-0.3, -0.25) is 19.2 Å². The van der Waals surface area contributed by atoms with Crippen molar-refractivity contribution in [2.24, 2.45) is 0 Å². The number of rotatable bonds is 6. The van der Waals surface area contributed by atoms with Crippen molar-refractivity contribution in [3.63, 3.8) is 0 Å². The molecule has 2 heterocycles. The zero-order chi connectivity index (χ0) is 19.6. The van der Waals surface area contributed by atoms with Crippen LogP contribution in [0.3, 0.4) is 0 Å². The molecule has 144 valence electrons. The van der Waals surface area contributed by atoms with Crippen molar-refractivity contribution in [3.8, 4) is 0 Å². The van der Waals surface area contributed by atoms with Gasteiger partial charge in [-0.1, -0.05) is 12.1 Å². The smallest absolute Gasteiger partial charge is 0.322 e. The summed E-state index contributed by atoms with van der Waals surface area (Å²) in [5.41, 5.74) is 1.29. The molecule has 0 aromatic heterocycles. The molecule has 1 aromatic carbocycles. The number of thioether (sulfide) groups is 1. The molecule has 0 radical (unpaired) electrons. The fourth-order valence-electron chi connectivity index (χ4n) is 3.37. The van der Waals surface area contributed by atoms with Crippen molar-refractivity contribution >= 4 is 41.1 Å². The Morgan fingerprint density at radius 1 is 1.30 bits per heavy atom. The Balaban J connectivity index is 1.57. The number of carboxylic acid groups (broad SMARTS) is 1. The molecule has 0 spiro atoms. The first kappa shape index (κ1) is 19.2. The van der Waals surface area contributed by atoms with Crippen molar-refractivity contribution in [1.29, 1.82) is 0 Å². The van der Waals surface area contributed by atoms with E-state index in [1.807, 2.05) is 6.92 Å². The third-order valence-corrected chi connectivity index (χ3v) is 6.28. The number of aliphatic carboxylic acids is 1. The van der Waals surface area contributed by atoms with E-state index in [1.165, 1.54) is 0 Å². The SMILES string of the molecule is CC12CCC(=O)N1C(C(=O)Nc1ccc(CC(=O)NCC(=O)O)cc1)CS2. The van der Waals surface area contributed by atoms with E-state index in [0.717, 1.165) is 6.42 Å². The highest BCUT2D eigenvalue weighted by Gasteiger charge is 2.52. The second-order valence-electron chi connectivity index (χ2n) is 6.80. The molecule has 3 rings (SSSR count). The van der Waals surface area contributed by atoms with Crippen molar-refractivity contribution < 1.29 is 24.3 Å². The molecule has 8 nitrogen and oxygen atoms in total.